The fourth-order valence-corrected chi connectivity index (χ4v) is 5.24. The number of hydrogen-bond acceptors (Lipinski definition) is 4. The lowest BCUT2D eigenvalue weighted by molar-refractivity contribution is -0.116. The minimum atomic E-state index is -0.208. The van der Waals surface area contributed by atoms with Crippen molar-refractivity contribution < 1.29 is 9.53 Å². The molecule has 168 valence electrons. The topological polar surface area (TPSA) is 50.4 Å². The van der Waals surface area contributed by atoms with Gasteiger partial charge in [-0.1, -0.05) is 60.7 Å². The van der Waals surface area contributed by atoms with Crippen LogP contribution in [0.1, 0.15) is 35.9 Å². The maximum absolute atomic E-state index is 13.7. The third-order valence-corrected chi connectivity index (χ3v) is 7.00. The number of methoxy groups -OCH3 is 1. The van der Waals surface area contributed by atoms with Crippen LogP contribution in [0.15, 0.2) is 102 Å². The first-order valence-electron chi connectivity index (χ1n) is 11.7. The fraction of sp³-hybridized carbons (Fsp3) is 0.167. The van der Waals surface area contributed by atoms with Crippen molar-refractivity contribution in [3.8, 4) is 5.75 Å². The zero-order valence-corrected chi connectivity index (χ0v) is 19.0. The molecule has 1 aliphatic carbocycles. The van der Waals surface area contributed by atoms with E-state index in [1.54, 1.807) is 7.11 Å². The monoisotopic (exact) mass is 446 g/mol. The number of nitrogens with one attached hydrogen (secondary N) is 2. The summed E-state index contributed by atoms with van der Waals surface area (Å²) in [4.78, 5) is 13.7. The number of benzene rings is 4. The Morgan fingerprint density at radius 3 is 2.26 bits per heavy atom. The maximum Gasteiger partial charge on any atom is 0.163 e. The van der Waals surface area contributed by atoms with Gasteiger partial charge in [-0.3, -0.25) is 4.79 Å². The van der Waals surface area contributed by atoms with Gasteiger partial charge < -0.3 is 15.4 Å². The maximum atomic E-state index is 13.7. The third kappa shape index (κ3) is 3.61. The van der Waals surface area contributed by atoms with Gasteiger partial charge in [0, 0.05) is 17.7 Å². The number of anilines is 2. The van der Waals surface area contributed by atoms with Crippen molar-refractivity contribution in [3.63, 3.8) is 0 Å². The molecule has 2 aliphatic rings. The van der Waals surface area contributed by atoms with Crippen LogP contribution in [0.2, 0.25) is 0 Å². The predicted octanol–water partition coefficient (Wildman–Crippen LogP) is 6.83. The molecule has 0 spiro atoms. The van der Waals surface area contributed by atoms with Crippen LogP contribution in [0.25, 0.3) is 10.8 Å². The second kappa shape index (κ2) is 8.38. The van der Waals surface area contributed by atoms with Crippen molar-refractivity contribution in [1.82, 2.24) is 0 Å². The van der Waals surface area contributed by atoms with E-state index in [2.05, 4.69) is 77.4 Å². The molecule has 6 rings (SSSR count). The minimum absolute atomic E-state index is 0.132. The van der Waals surface area contributed by atoms with Crippen molar-refractivity contribution in [2.24, 2.45) is 0 Å². The smallest absolute Gasteiger partial charge is 0.163 e. The second-order valence-electron chi connectivity index (χ2n) is 9.05. The standard InChI is InChI=1S/C30H26N2O2/c1-34-24-14-12-20(13-15-24)23-17-27-29(28(33)18-23)30(32-26-9-5-4-8-25(26)31-27)22-11-10-19-6-2-3-7-21(19)16-22/h2-16,23,30-32H,17-18H2,1H3/t23-,30-/m0/s1. The van der Waals surface area contributed by atoms with E-state index in [1.807, 2.05) is 24.3 Å². The van der Waals surface area contributed by atoms with Gasteiger partial charge in [0.05, 0.1) is 24.5 Å². The molecule has 1 heterocycles. The van der Waals surface area contributed by atoms with E-state index < -0.39 is 0 Å². The van der Waals surface area contributed by atoms with Crippen LogP contribution < -0.4 is 15.4 Å². The van der Waals surface area contributed by atoms with Gasteiger partial charge in [-0.15, -0.1) is 0 Å². The molecule has 0 amide bonds. The SMILES string of the molecule is COc1ccc([C@@H]2CC(=O)C3=C(C2)Nc2ccccc2N[C@H]3c2ccc3ccccc3c2)cc1. The Bertz CT molecular complexity index is 1420. The van der Waals surface area contributed by atoms with Gasteiger partial charge in [0.15, 0.2) is 5.78 Å². The van der Waals surface area contributed by atoms with Gasteiger partial charge in [-0.05, 0) is 64.6 Å². The number of para-hydroxylation sites is 2. The molecule has 0 saturated heterocycles. The Balaban J connectivity index is 1.45. The first-order chi connectivity index (χ1) is 16.7. The van der Waals surface area contributed by atoms with Crippen LogP contribution in [0, 0.1) is 0 Å². The molecule has 4 nitrogen and oxygen atoms in total. The number of rotatable bonds is 3. The molecule has 2 atom stereocenters. The third-order valence-electron chi connectivity index (χ3n) is 7.00. The zero-order valence-electron chi connectivity index (χ0n) is 19.0. The Morgan fingerprint density at radius 2 is 1.47 bits per heavy atom. The lowest BCUT2D eigenvalue weighted by Crippen LogP contribution is -2.26. The molecule has 4 aromatic carbocycles. The molecular formula is C30H26N2O2. The highest BCUT2D eigenvalue weighted by Crippen LogP contribution is 2.44. The van der Waals surface area contributed by atoms with E-state index in [9.17, 15) is 4.79 Å². The molecule has 0 radical (unpaired) electrons. The van der Waals surface area contributed by atoms with E-state index in [0.717, 1.165) is 45.9 Å². The van der Waals surface area contributed by atoms with Crippen LogP contribution in [-0.2, 0) is 4.79 Å². The van der Waals surface area contributed by atoms with E-state index >= 15 is 0 Å². The average molecular weight is 447 g/mol. The van der Waals surface area contributed by atoms with Crippen molar-refractivity contribution in [2.75, 3.05) is 17.7 Å². The van der Waals surface area contributed by atoms with Crippen LogP contribution in [0.4, 0.5) is 11.4 Å². The molecule has 0 fully saturated rings. The van der Waals surface area contributed by atoms with Gasteiger partial charge in [0.25, 0.3) is 0 Å². The molecule has 34 heavy (non-hydrogen) atoms. The summed E-state index contributed by atoms with van der Waals surface area (Å²) in [5.41, 5.74) is 6.12. The quantitative estimate of drug-likeness (QED) is 0.362. The number of fused-ring (bicyclic) bond motifs is 2. The Hall–Kier alpha value is -4.05. The summed E-state index contributed by atoms with van der Waals surface area (Å²) in [6.45, 7) is 0. The van der Waals surface area contributed by atoms with Crippen molar-refractivity contribution in [3.05, 3.63) is 113 Å². The molecule has 0 unspecified atom stereocenters. The lowest BCUT2D eigenvalue weighted by atomic mass is 9.78. The van der Waals surface area contributed by atoms with Crippen LogP contribution in [0.5, 0.6) is 5.75 Å². The lowest BCUT2D eigenvalue weighted by Gasteiger charge is -2.30. The largest absolute Gasteiger partial charge is 0.497 e. The molecule has 2 N–H and O–H groups in total. The van der Waals surface area contributed by atoms with Crippen molar-refractivity contribution >= 4 is 27.9 Å². The highest BCUT2D eigenvalue weighted by Gasteiger charge is 2.36. The summed E-state index contributed by atoms with van der Waals surface area (Å²) in [6, 6.07) is 30.9. The first kappa shape index (κ1) is 20.5. The van der Waals surface area contributed by atoms with Crippen molar-refractivity contribution in [2.45, 2.75) is 24.8 Å². The summed E-state index contributed by atoms with van der Waals surface area (Å²) < 4.78 is 5.32. The van der Waals surface area contributed by atoms with Gasteiger partial charge >= 0.3 is 0 Å². The molecule has 0 saturated carbocycles. The Kier molecular flexibility index (Phi) is 5.06. The number of ether oxygens (including phenoxy) is 1. The molecular weight excluding hydrogens is 420 g/mol. The van der Waals surface area contributed by atoms with E-state index in [1.165, 1.54) is 10.8 Å². The number of carbonyl (C=O) groups excluding carboxylic acids is 1. The normalized spacial score (nSPS) is 19.5. The molecule has 0 aromatic heterocycles. The minimum Gasteiger partial charge on any atom is -0.497 e. The molecule has 0 bridgehead atoms. The first-order valence-corrected chi connectivity index (χ1v) is 11.7. The number of allylic oxidation sites excluding steroid dienone is 1. The van der Waals surface area contributed by atoms with Gasteiger partial charge in [0.2, 0.25) is 0 Å². The number of ketones is 1. The molecule has 1 aliphatic heterocycles. The summed E-state index contributed by atoms with van der Waals surface area (Å²) in [5.74, 6) is 1.15. The highest BCUT2D eigenvalue weighted by atomic mass is 16.5. The summed E-state index contributed by atoms with van der Waals surface area (Å²) in [7, 11) is 1.67. The number of Topliss-reactive ketones (excluding diaryl/α,β-unsaturated/α-hetero) is 1. The van der Waals surface area contributed by atoms with Gasteiger partial charge in [-0.2, -0.15) is 0 Å². The Labute approximate surface area is 199 Å². The van der Waals surface area contributed by atoms with Crippen LogP contribution >= 0.6 is 0 Å². The van der Waals surface area contributed by atoms with Gasteiger partial charge in [0.1, 0.15) is 5.75 Å². The molecule has 4 aromatic rings. The van der Waals surface area contributed by atoms with Crippen LogP contribution in [-0.4, -0.2) is 12.9 Å². The van der Waals surface area contributed by atoms with Gasteiger partial charge in [-0.25, -0.2) is 0 Å². The summed E-state index contributed by atoms with van der Waals surface area (Å²) in [5, 5.41) is 9.68. The van der Waals surface area contributed by atoms with Crippen LogP contribution in [0.3, 0.4) is 0 Å². The summed E-state index contributed by atoms with van der Waals surface area (Å²) >= 11 is 0. The Morgan fingerprint density at radius 1 is 0.765 bits per heavy atom. The highest BCUT2D eigenvalue weighted by molar-refractivity contribution is 6.01. The molecule has 4 heteroatoms. The van der Waals surface area contributed by atoms with E-state index in [0.29, 0.717) is 6.42 Å². The summed E-state index contributed by atoms with van der Waals surface area (Å²) in [6.07, 6.45) is 1.28. The average Bonchev–Trinajstić information content (AvgIpc) is 3.05. The second-order valence-corrected chi connectivity index (χ2v) is 9.05. The van der Waals surface area contributed by atoms with Crippen molar-refractivity contribution in [1.29, 1.82) is 0 Å². The zero-order chi connectivity index (χ0) is 23.1. The number of hydrogen-bond donors (Lipinski definition) is 2. The number of carbonyl (C=O) groups is 1. The fourth-order valence-electron chi connectivity index (χ4n) is 5.24. The van der Waals surface area contributed by atoms with E-state index in [4.69, 9.17) is 4.74 Å². The van der Waals surface area contributed by atoms with E-state index in [-0.39, 0.29) is 17.7 Å². The predicted molar refractivity (Wildman–Crippen MR) is 137 cm³/mol.